The molecule has 1 aliphatic rings. The fourth-order valence-electron chi connectivity index (χ4n) is 3.30. The van der Waals surface area contributed by atoms with Crippen LogP contribution in [0.5, 0.6) is 0 Å². The Morgan fingerprint density at radius 2 is 1.66 bits per heavy atom. The van der Waals surface area contributed by atoms with Crippen LogP contribution in [0.25, 0.3) is 0 Å². The maximum absolute atomic E-state index is 13.0. The van der Waals surface area contributed by atoms with Crippen LogP contribution in [0.1, 0.15) is 28.3 Å². The van der Waals surface area contributed by atoms with Crippen LogP contribution in [0.4, 0.5) is 18.9 Å². The summed E-state index contributed by atoms with van der Waals surface area (Å²) in [4.78, 5) is 13.0. The first-order valence-electron chi connectivity index (χ1n) is 8.56. The van der Waals surface area contributed by atoms with Gasteiger partial charge < -0.3 is 5.32 Å². The van der Waals surface area contributed by atoms with Crippen LogP contribution in [-0.2, 0) is 20.8 Å². The summed E-state index contributed by atoms with van der Waals surface area (Å²) in [6.07, 6.45) is -4.42. The summed E-state index contributed by atoms with van der Waals surface area (Å²) in [6.45, 7) is 0. The van der Waals surface area contributed by atoms with E-state index in [-0.39, 0.29) is 27.8 Å². The van der Waals surface area contributed by atoms with Crippen molar-refractivity contribution in [2.24, 2.45) is 0 Å². The van der Waals surface area contributed by atoms with E-state index >= 15 is 0 Å². The number of anilines is 1. The Bertz CT molecular complexity index is 1170. The number of nitrogens with one attached hydrogen (secondary N) is 1. The molecule has 0 saturated heterocycles. The van der Waals surface area contributed by atoms with E-state index in [1.807, 2.05) is 0 Å². The average Bonchev–Trinajstić information content (AvgIpc) is 3.12. The van der Waals surface area contributed by atoms with Crippen molar-refractivity contribution >= 4 is 32.8 Å². The minimum absolute atomic E-state index is 0.00587. The molecule has 0 spiro atoms. The Hall–Kier alpha value is -2.65. The highest BCUT2D eigenvalue weighted by atomic mass is 32.2. The number of thiophene rings is 1. The summed E-state index contributed by atoms with van der Waals surface area (Å²) >= 11 is 1.17. The van der Waals surface area contributed by atoms with E-state index in [0.29, 0.717) is 10.4 Å². The van der Waals surface area contributed by atoms with E-state index in [4.69, 9.17) is 0 Å². The fourth-order valence-corrected chi connectivity index (χ4v) is 6.23. The topological polar surface area (TPSA) is 63.2 Å². The monoisotopic (exact) mass is 437 g/mol. The fraction of sp³-hybridized carbons (Fsp3) is 0.150. The second-order valence-electron chi connectivity index (χ2n) is 6.58. The van der Waals surface area contributed by atoms with Crippen molar-refractivity contribution in [1.29, 1.82) is 0 Å². The van der Waals surface area contributed by atoms with Crippen molar-refractivity contribution in [2.75, 3.05) is 5.32 Å². The number of sulfone groups is 1. The number of amides is 1. The molecule has 0 aliphatic carbocycles. The van der Waals surface area contributed by atoms with Gasteiger partial charge in [0.2, 0.25) is 15.7 Å². The van der Waals surface area contributed by atoms with Crippen LogP contribution < -0.4 is 5.32 Å². The molecule has 0 fully saturated rings. The first-order valence-corrected chi connectivity index (χ1v) is 10.9. The predicted octanol–water partition coefficient (Wildman–Crippen LogP) is 5.07. The van der Waals surface area contributed by atoms with Crippen molar-refractivity contribution in [1.82, 2.24) is 0 Å². The van der Waals surface area contributed by atoms with Crippen molar-refractivity contribution in [3.8, 4) is 0 Å². The molecule has 1 unspecified atom stereocenters. The van der Waals surface area contributed by atoms with Gasteiger partial charge in [-0.1, -0.05) is 30.3 Å². The van der Waals surface area contributed by atoms with Gasteiger partial charge in [0.05, 0.1) is 16.1 Å². The Morgan fingerprint density at radius 3 is 2.28 bits per heavy atom. The number of carbonyl (C=O) groups excluding carboxylic acids is 1. The second kappa shape index (κ2) is 7.00. The third-order valence-electron chi connectivity index (χ3n) is 4.74. The molecule has 1 atom stereocenters. The molecule has 2 aromatic carbocycles. The molecule has 3 aromatic rings. The quantitative estimate of drug-likeness (QED) is 0.622. The third-order valence-corrected chi connectivity index (χ3v) is 7.78. The summed E-state index contributed by atoms with van der Waals surface area (Å²) in [5.74, 6) is -0.893. The minimum atomic E-state index is -4.45. The molecule has 4 nitrogen and oxygen atoms in total. The highest BCUT2D eigenvalue weighted by molar-refractivity contribution is 7.91. The Kier molecular flexibility index (Phi) is 4.74. The molecule has 0 bridgehead atoms. The second-order valence-corrected chi connectivity index (χ2v) is 9.41. The third kappa shape index (κ3) is 3.56. The minimum Gasteiger partial charge on any atom is -0.324 e. The Morgan fingerprint density at radius 1 is 1.00 bits per heavy atom. The number of benzene rings is 2. The molecular formula is C20H14F3NO3S2. The van der Waals surface area contributed by atoms with Gasteiger partial charge in [-0.2, -0.15) is 13.2 Å². The van der Waals surface area contributed by atoms with Gasteiger partial charge in [0.15, 0.2) is 0 Å². The van der Waals surface area contributed by atoms with Gasteiger partial charge in [0.1, 0.15) is 4.90 Å². The van der Waals surface area contributed by atoms with Crippen molar-refractivity contribution in [3.05, 3.63) is 76.0 Å². The number of rotatable bonds is 3. The largest absolute Gasteiger partial charge is 0.416 e. The van der Waals surface area contributed by atoms with E-state index < -0.39 is 27.5 Å². The maximum Gasteiger partial charge on any atom is 0.416 e. The number of alkyl halides is 3. The summed E-state index contributed by atoms with van der Waals surface area (Å²) in [6, 6.07) is 12.5. The van der Waals surface area contributed by atoms with Crippen LogP contribution in [0.2, 0.25) is 0 Å². The number of hydrogen-bond acceptors (Lipinski definition) is 4. The molecule has 0 radical (unpaired) electrons. The van der Waals surface area contributed by atoms with Crippen LogP contribution in [0.15, 0.2) is 69.8 Å². The Labute approximate surface area is 168 Å². The zero-order valence-electron chi connectivity index (χ0n) is 14.7. The van der Waals surface area contributed by atoms with E-state index in [0.717, 1.165) is 12.1 Å². The standard InChI is InChI=1S/C20H14F3NO3S2/c21-20(22,23)13-8-6-12(7-9-13)15-10-17(25)24-18-16(11-28-19(15)18)29(26,27)14-4-2-1-3-5-14/h1-9,11,15H,10H2,(H,24,25). The lowest BCUT2D eigenvalue weighted by Crippen LogP contribution is -2.23. The van der Waals surface area contributed by atoms with Gasteiger partial charge in [-0.05, 0) is 29.8 Å². The molecule has 1 aromatic heterocycles. The smallest absolute Gasteiger partial charge is 0.324 e. The number of fused-ring (bicyclic) bond motifs is 1. The highest BCUT2D eigenvalue weighted by Gasteiger charge is 2.35. The molecule has 1 amide bonds. The Balaban J connectivity index is 1.77. The molecule has 9 heteroatoms. The summed E-state index contributed by atoms with van der Waals surface area (Å²) in [5, 5.41) is 4.10. The molecule has 2 heterocycles. The number of carbonyl (C=O) groups is 1. The van der Waals surface area contributed by atoms with Gasteiger partial charge in [-0.15, -0.1) is 11.3 Å². The van der Waals surface area contributed by atoms with Crippen molar-refractivity contribution in [3.63, 3.8) is 0 Å². The average molecular weight is 437 g/mol. The molecule has 150 valence electrons. The number of halogens is 3. The molecular weight excluding hydrogens is 423 g/mol. The van der Waals surface area contributed by atoms with Gasteiger partial charge in [0, 0.05) is 22.6 Å². The van der Waals surface area contributed by atoms with E-state index in [1.165, 1.54) is 41.0 Å². The van der Waals surface area contributed by atoms with E-state index in [1.54, 1.807) is 18.2 Å². The zero-order valence-corrected chi connectivity index (χ0v) is 16.4. The summed E-state index contributed by atoms with van der Waals surface area (Å²) in [7, 11) is -3.85. The maximum atomic E-state index is 13.0. The lowest BCUT2D eigenvalue weighted by molar-refractivity contribution is -0.137. The highest BCUT2D eigenvalue weighted by Crippen LogP contribution is 2.46. The number of hydrogen-bond donors (Lipinski definition) is 1. The zero-order chi connectivity index (χ0) is 20.8. The van der Waals surface area contributed by atoms with Crippen LogP contribution >= 0.6 is 11.3 Å². The summed E-state index contributed by atoms with van der Waals surface area (Å²) < 4.78 is 64.5. The lowest BCUT2D eigenvalue weighted by atomic mass is 9.90. The van der Waals surface area contributed by atoms with Gasteiger partial charge in [-0.25, -0.2) is 8.42 Å². The molecule has 4 rings (SSSR count). The normalized spacial score (nSPS) is 16.9. The lowest BCUT2D eigenvalue weighted by Gasteiger charge is -2.24. The van der Waals surface area contributed by atoms with Crippen molar-refractivity contribution in [2.45, 2.75) is 28.3 Å². The molecule has 1 N–H and O–H groups in total. The van der Waals surface area contributed by atoms with Gasteiger partial charge >= 0.3 is 6.18 Å². The molecule has 0 saturated carbocycles. The SMILES string of the molecule is O=C1CC(c2ccc(C(F)(F)F)cc2)c2scc(S(=O)(=O)c3ccccc3)c2N1. The predicted molar refractivity (Wildman–Crippen MR) is 103 cm³/mol. The van der Waals surface area contributed by atoms with E-state index in [2.05, 4.69) is 5.32 Å². The molecule has 1 aliphatic heterocycles. The molecule has 29 heavy (non-hydrogen) atoms. The van der Waals surface area contributed by atoms with E-state index in [9.17, 15) is 26.4 Å². The summed E-state index contributed by atoms with van der Waals surface area (Å²) in [5.41, 5.74) is -0.0418. The van der Waals surface area contributed by atoms with Crippen LogP contribution in [-0.4, -0.2) is 14.3 Å². The van der Waals surface area contributed by atoms with Gasteiger partial charge in [0.25, 0.3) is 0 Å². The van der Waals surface area contributed by atoms with Crippen LogP contribution in [0, 0.1) is 0 Å². The first-order chi connectivity index (χ1) is 13.7. The van der Waals surface area contributed by atoms with Crippen LogP contribution in [0.3, 0.4) is 0 Å². The van der Waals surface area contributed by atoms with Crippen molar-refractivity contribution < 1.29 is 26.4 Å². The first kappa shape index (κ1) is 19.7. The van der Waals surface area contributed by atoms with Gasteiger partial charge in [-0.3, -0.25) is 4.79 Å².